The summed E-state index contributed by atoms with van der Waals surface area (Å²) in [7, 11) is 3.06. The molecule has 1 heterocycles. The molecule has 6 heteroatoms. The van der Waals surface area contributed by atoms with E-state index in [-0.39, 0.29) is 6.02 Å². The van der Waals surface area contributed by atoms with E-state index >= 15 is 0 Å². The van der Waals surface area contributed by atoms with E-state index in [9.17, 15) is 4.79 Å². The molecule has 0 radical (unpaired) electrons. The monoisotopic (exact) mass is 250 g/mol. The van der Waals surface area contributed by atoms with Gasteiger partial charge in [0.15, 0.2) is 11.5 Å². The van der Waals surface area contributed by atoms with Crippen LogP contribution in [0.15, 0.2) is 23.2 Å². The third kappa shape index (κ3) is 1.75. The molecule has 96 valence electrons. The van der Waals surface area contributed by atoms with Crippen molar-refractivity contribution in [2.45, 2.75) is 12.5 Å². The average Bonchev–Trinajstić information content (AvgIpc) is 2.63. The molecule has 1 amide bonds. The van der Waals surface area contributed by atoms with E-state index in [0.717, 1.165) is 0 Å². The summed E-state index contributed by atoms with van der Waals surface area (Å²) in [4.78, 5) is 15.4. The summed E-state index contributed by atoms with van der Waals surface area (Å²) in [6.45, 7) is 1.61. The minimum absolute atomic E-state index is 0.128. The van der Waals surface area contributed by atoms with Crippen molar-refractivity contribution in [2.75, 3.05) is 14.2 Å². The first-order chi connectivity index (χ1) is 8.51. The van der Waals surface area contributed by atoms with Crippen molar-refractivity contribution in [3.8, 4) is 11.5 Å². The number of nitrogens with zero attached hydrogens (tertiary/aromatic N) is 1. The van der Waals surface area contributed by atoms with Gasteiger partial charge in [-0.05, 0) is 19.1 Å². The molecule has 2 rings (SSSR count). The molecule has 2 N–H and O–H groups in total. The van der Waals surface area contributed by atoms with Crippen molar-refractivity contribution in [2.24, 2.45) is 10.7 Å². The molecule has 0 bridgehead atoms. The van der Waals surface area contributed by atoms with Gasteiger partial charge in [0.2, 0.25) is 5.60 Å². The minimum atomic E-state index is -1.20. The van der Waals surface area contributed by atoms with Gasteiger partial charge in [-0.15, -0.1) is 0 Å². The smallest absolute Gasteiger partial charge is 0.298 e. The van der Waals surface area contributed by atoms with E-state index in [1.54, 1.807) is 25.1 Å². The van der Waals surface area contributed by atoms with E-state index in [1.807, 2.05) is 0 Å². The number of aliphatic imine (C=N–C) groups is 1. The third-order valence-corrected chi connectivity index (χ3v) is 2.86. The fourth-order valence-electron chi connectivity index (χ4n) is 1.80. The van der Waals surface area contributed by atoms with Crippen molar-refractivity contribution in [1.29, 1.82) is 0 Å². The molecule has 1 unspecified atom stereocenters. The Morgan fingerprint density at radius 2 is 1.94 bits per heavy atom. The van der Waals surface area contributed by atoms with Crippen LogP contribution >= 0.6 is 0 Å². The largest absolute Gasteiger partial charge is 0.493 e. The molecule has 1 atom stereocenters. The van der Waals surface area contributed by atoms with Crippen molar-refractivity contribution in [3.05, 3.63) is 23.8 Å². The fraction of sp³-hybridized carbons (Fsp3) is 0.333. The van der Waals surface area contributed by atoms with Gasteiger partial charge in [0.25, 0.3) is 11.9 Å². The highest BCUT2D eigenvalue weighted by Gasteiger charge is 2.43. The number of hydrogen-bond donors (Lipinski definition) is 1. The zero-order chi connectivity index (χ0) is 13.3. The summed E-state index contributed by atoms with van der Waals surface area (Å²) in [5.41, 5.74) is 4.82. The Morgan fingerprint density at radius 1 is 1.28 bits per heavy atom. The Hall–Kier alpha value is -2.24. The van der Waals surface area contributed by atoms with E-state index in [1.165, 1.54) is 14.2 Å². The normalized spacial score (nSPS) is 22.4. The van der Waals surface area contributed by atoms with Gasteiger partial charge in [0.1, 0.15) is 0 Å². The molecule has 1 aromatic rings. The molecule has 0 fully saturated rings. The number of rotatable bonds is 3. The third-order valence-electron chi connectivity index (χ3n) is 2.86. The molecule has 1 aromatic carbocycles. The molecule has 6 nitrogen and oxygen atoms in total. The van der Waals surface area contributed by atoms with Crippen LogP contribution in [0.5, 0.6) is 11.5 Å². The maximum atomic E-state index is 11.8. The van der Waals surface area contributed by atoms with Crippen molar-refractivity contribution >= 4 is 11.9 Å². The van der Waals surface area contributed by atoms with Crippen molar-refractivity contribution in [3.63, 3.8) is 0 Å². The van der Waals surface area contributed by atoms with Crippen LogP contribution < -0.4 is 15.2 Å². The van der Waals surface area contributed by atoms with Crippen LogP contribution in [0.4, 0.5) is 0 Å². The van der Waals surface area contributed by atoms with Crippen molar-refractivity contribution < 1.29 is 19.0 Å². The first kappa shape index (κ1) is 12.2. The van der Waals surface area contributed by atoms with Crippen molar-refractivity contribution in [1.82, 2.24) is 0 Å². The maximum Gasteiger partial charge on any atom is 0.298 e. The van der Waals surface area contributed by atoms with Crippen LogP contribution in [0, 0.1) is 0 Å². The number of ether oxygens (including phenoxy) is 3. The summed E-state index contributed by atoms with van der Waals surface area (Å²) in [5.74, 6) is 0.648. The predicted molar refractivity (Wildman–Crippen MR) is 64.6 cm³/mol. The Balaban J connectivity index is 2.44. The summed E-state index contributed by atoms with van der Waals surface area (Å²) >= 11 is 0. The highest BCUT2D eigenvalue weighted by Crippen LogP contribution is 2.36. The van der Waals surface area contributed by atoms with Gasteiger partial charge >= 0.3 is 0 Å². The number of amidine groups is 1. The second-order valence-electron chi connectivity index (χ2n) is 3.96. The Morgan fingerprint density at radius 3 is 2.44 bits per heavy atom. The molecule has 18 heavy (non-hydrogen) atoms. The van der Waals surface area contributed by atoms with Crippen LogP contribution in [0.1, 0.15) is 12.5 Å². The topological polar surface area (TPSA) is 83.1 Å². The highest BCUT2D eigenvalue weighted by molar-refractivity contribution is 6.01. The second kappa shape index (κ2) is 4.21. The first-order valence-corrected chi connectivity index (χ1v) is 5.31. The SMILES string of the molecule is COc1ccc(C2(C)OC(N)=NC2=O)cc1OC. The number of amides is 1. The molecular formula is C12H14N2O4. The number of carbonyl (C=O) groups excluding carboxylic acids is 1. The van der Waals surface area contributed by atoms with E-state index in [4.69, 9.17) is 19.9 Å². The van der Waals surface area contributed by atoms with Crippen LogP contribution in [-0.4, -0.2) is 26.1 Å². The summed E-state index contributed by atoms with van der Waals surface area (Å²) in [6.07, 6.45) is 0. The van der Waals surface area contributed by atoms with E-state index in [2.05, 4.69) is 4.99 Å². The molecule has 0 aliphatic carbocycles. The minimum Gasteiger partial charge on any atom is -0.493 e. The zero-order valence-corrected chi connectivity index (χ0v) is 10.4. The van der Waals surface area contributed by atoms with Gasteiger partial charge in [-0.2, -0.15) is 4.99 Å². The number of benzene rings is 1. The lowest BCUT2D eigenvalue weighted by Gasteiger charge is -2.22. The molecule has 1 aliphatic rings. The van der Waals surface area contributed by atoms with Gasteiger partial charge in [0, 0.05) is 5.56 Å². The molecular weight excluding hydrogens is 236 g/mol. The van der Waals surface area contributed by atoms with Gasteiger partial charge < -0.3 is 19.9 Å². The maximum absolute atomic E-state index is 11.8. The van der Waals surface area contributed by atoms with Crippen LogP contribution in [0.2, 0.25) is 0 Å². The van der Waals surface area contributed by atoms with Crippen LogP contribution in [0.3, 0.4) is 0 Å². The Labute approximate surface area is 104 Å². The predicted octanol–water partition coefficient (Wildman–Crippen LogP) is 0.790. The molecule has 0 aromatic heterocycles. The summed E-state index contributed by atoms with van der Waals surface area (Å²) in [6, 6.07) is 4.96. The number of carbonyl (C=O) groups is 1. The lowest BCUT2D eigenvalue weighted by Crippen LogP contribution is -2.31. The number of nitrogens with two attached hydrogens (primary N) is 1. The highest BCUT2D eigenvalue weighted by atomic mass is 16.5. The lowest BCUT2D eigenvalue weighted by molar-refractivity contribution is -0.130. The molecule has 1 aliphatic heterocycles. The van der Waals surface area contributed by atoms with Gasteiger partial charge in [0.05, 0.1) is 14.2 Å². The fourth-order valence-corrected chi connectivity index (χ4v) is 1.80. The standard InChI is InChI=1S/C12H14N2O4/c1-12(10(15)14-11(13)18-12)7-4-5-8(16-2)9(6-7)17-3/h4-6H,1-3H3,(H2,13,14,15). The summed E-state index contributed by atoms with van der Waals surface area (Å²) < 4.78 is 15.6. The average molecular weight is 250 g/mol. The first-order valence-electron chi connectivity index (χ1n) is 5.31. The Kier molecular flexibility index (Phi) is 2.86. The molecule has 0 spiro atoms. The van der Waals surface area contributed by atoms with E-state index in [0.29, 0.717) is 17.1 Å². The Bertz CT molecular complexity index is 527. The zero-order valence-electron chi connectivity index (χ0n) is 10.4. The quantitative estimate of drug-likeness (QED) is 0.857. The summed E-state index contributed by atoms with van der Waals surface area (Å²) in [5, 5.41) is 0. The molecule has 0 saturated heterocycles. The van der Waals surface area contributed by atoms with Crippen LogP contribution in [-0.2, 0) is 15.1 Å². The van der Waals surface area contributed by atoms with Gasteiger partial charge in [-0.1, -0.05) is 6.07 Å². The lowest BCUT2D eigenvalue weighted by atomic mass is 9.95. The number of hydrogen-bond acceptors (Lipinski definition) is 5. The van der Waals surface area contributed by atoms with Gasteiger partial charge in [-0.3, -0.25) is 4.79 Å². The van der Waals surface area contributed by atoms with Gasteiger partial charge in [-0.25, -0.2) is 0 Å². The van der Waals surface area contributed by atoms with Crippen LogP contribution in [0.25, 0.3) is 0 Å². The second-order valence-corrected chi connectivity index (χ2v) is 3.96. The van der Waals surface area contributed by atoms with E-state index < -0.39 is 11.5 Å². The number of methoxy groups -OCH3 is 2. The molecule has 0 saturated carbocycles.